The molecule has 0 saturated heterocycles. The summed E-state index contributed by atoms with van der Waals surface area (Å²) in [6.07, 6.45) is 1.68. The van der Waals surface area contributed by atoms with Crippen LogP contribution in [0.25, 0.3) is 0 Å². The Hall–Kier alpha value is -1.45. The molecule has 2 aromatic rings. The van der Waals surface area contributed by atoms with Crippen molar-refractivity contribution < 1.29 is 4.74 Å². The third-order valence-electron chi connectivity index (χ3n) is 2.45. The molecule has 2 rings (SSSR count). The van der Waals surface area contributed by atoms with Gasteiger partial charge in [-0.3, -0.25) is 0 Å². The van der Waals surface area contributed by atoms with Gasteiger partial charge in [-0.2, -0.15) is 0 Å². The van der Waals surface area contributed by atoms with E-state index in [1.165, 1.54) is 0 Å². The van der Waals surface area contributed by atoms with Crippen molar-refractivity contribution in [2.75, 3.05) is 12.4 Å². The van der Waals surface area contributed by atoms with Crippen molar-refractivity contribution in [2.45, 2.75) is 6.54 Å². The quantitative estimate of drug-likeness (QED) is 0.920. The number of anilines is 1. The highest BCUT2D eigenvalue weighted by molar-refractivity contribution is 6.35. The van der Waals surface area contributed by atoms with Gasteiger partial charge >= 0.3 is 0 Å². The van der Waals surface area contributed by atoms with Crippen molar-refractivity contribution in [3.63, 3.8) is 0 Å². The van der Waals surface area contributed by atoms with Crippen LogP contribution in [-0.2, 0) is 6.54 Å². The lowest BCUT2D eigenvalue weighted by atomic mass is 10.2. The van der Waals surface area contributed by atoms with Crippen molar-refractivity contribution in [3.05, 3.63) is 52.1 Å². The van der Waals surface area contributed by atoms with Crippen LogP contribution >= 0.6 is 23.2 Å². The second-order valence-electron chi connectivity index (χ2n) is 3.65. The molecule has 18 heavy (non-hydrogen) atoms. The van der Waals surface area contributed by atoms with Gasteiger partial charge in [0, 0.05) is 22.8 Å². The van der Waals surface area contributed by atoms with E-state index in [2.05, 4.69) is 10.3 Å². The molecule has 0 aliphatic rings. The van der Waals surface area contributed by atoms with E-state index >= 15 is 0 Å². The molecular formula is C13H12Cl2N2O. The minimum absolute atomic E-state index is 0.558. The fourth-order valence-electron chi connectivity index (χ4n) is 1.54. The molecule has 0 unspecified atom stereocenters. The maximum atomic E-state index is 6.10. The number of benzene rings is 1. The SMILES string of the molecule is COc1ncccc1NCc1ccc(Cl)cc1Cl. The number of hydrogen-bond donors (Lipinski definition) is 1. The van der Waals surface area contributed by atoms with Crippen LogP contribution < -0.4 is 10.1 Å². The molecule has 94 valence electrons. The van der Waals surface area contributed by atoms with Gasteiger partial charge in [-0.05, 0) is 29.8 Å². The van der Waals surface area contributed by atoms with Crippen molar-refractivity contribution in [1.82, 2.24) is 4.98 Å². The standard InChI is InChI=1S/C13H12Cl2N2O/c1-18-13-12(3-2-6-16-13)17-8-9-4-5-10(14)7-11(9)15/h2-7,17H,8H2,1H3. The lowest BCUT2D eigenvalue weighted by molar-refractivity contribution is 0.399. The molecule has 0 fully saturated rings. The molecule has 0 amide bonds. The van der Waals surface area contributed by atoms with Crippen molar-refractivity contribution >= 4 is 28.9 Å². The molecule has 1 aromatic heterocycles. The van der Waals surface area contributed by atoms with Crippen LogP contribution in [0.4, 0.5) is 5.69 Å². The second kappa shape index (κ2) is 5.94. The highest BCUT2D eigenvalue weighted by Crippen LogP contribution is 2.24. The Morgan fingerprint density at radius 3 is 2.83 bits per heavy atom. The van der Waals surface area contributed by atoms with E-state index in [-0.39, 0.29) is 0 Å². The predicted molar refractivity (Wildman–Crippen MR) is 74.6 cm³/mol. The first-order valence-corrected chi connectivity index (χ1v) is 6.13. The van der Waals surface area contributed by atoms with Crippen LogP contribution in [0.2, 0.25) is 10.0 Å². The first kappa shape index (κ1) is 13.0. The Morgan fingerprint density at radius 1 is 1.28 bits per heavy atom. The molecule has 0 bridgehead atoms. The Kier molecular flexibility index (Phi) is 4.28. The average Bonchev–Trinajstić information content (AvgIpc) is 2.38. The summed E-state index contributed by atoms with van der Waals surface area (Å²) in [5.41, 5.74) is 1.79. The third kappa shape index (κ3) is 3.06. The van der Waals surface area contributed by atoms with E-state index in [9.17, 15) is 0 Å². The number of pyridine rings is 1. The number of nitrogens with one attached hydrogen (secondary N) is 1. The lowest BCUT2D eigenvalue weighted by Gasteiger charge is -2.10. The van der Waals surface area contributed by atoms with Gasteiger partial charge < -0.3 is 10.1 Å². The highest BCUT2D eigenvalue weighted by atomic mass is 35.5. The van der Waals surface area contributed by atoms with Gasteiger partial charge in [-0.25, -0.2) is 4.98 Å². The summed E-state index contributed by atoms with van der Waals surface area (Å²) in [7, 11) is 1.59. The monoisotopic (exact) mass is 282 g/mol. The Bertz CT molecular complexity index is 546. The van der Waals surface area contributed by atoms with Crippen molar-refractivity contribution in [1.29, 1.82) is 0 Å². The maximum absolute atomic E-state index is 6.10. The van der Waals surface area contributed by atoms with Gasteiger partial charge in [0.2, 0.25) is 5.88 Å². The number of ether oxygens (including phenoxy) is 1. The molecule has 5 heteroatoms. The minimum Gasteiger partial charge on any atom is -0.480 e. The molecule has 1 aromatic carbocycles. The normalized spacial score (nSPS) is 10.2. The number of hydrogen-bond acceptors (Lipinski definition) is 3. The van der Waals surface area contributed by atoms with Crippen LogP contribution in [0.5, 0.6) is 5.88 Å². The zero-order valence-electron chi connectivity index (χ0n) is 9.78. The fourth-order valence-corrected chi connectivity index (χ4v) is 2.02. The molecule has 0 radical (unpaired) electrons. The van der Waals surface area contributed by atoms with E-state index in [1.54, 1.807) is 19.4 Å². The Labute approximate surface area is 116 Å². The van der Waals surface area contributed by atoms with Crippen molar-refractivity contribution in [3.8, 4) is 5.88 Å². The van der Waals surface area contributed by atoms with Crippen LogP contribution in [0, 0.1) is 0 Å². The third-order valence-corrected chi connectivity index (χ3v) is 3.04. The van der Waals surface area contributed by atoms with E-state index < -0.39 is 0 Å². The second-order valence-corrected chi connectivity index (χ2v) is 4.49. The van der Waals surface area contributed by atoms with Crippen LogP contribution in [-0.4, -0.2) is 12.1 Å². The van der Waals surface area contributed by atoms with Gasteiger partial charge in [-0.15, -0.1) is 0 Å². The number of aromatic nitrogens is 1. The number of nitrogens with zero attached hydrogens (tertiary/aromatic N) is 1. The van der Waals surface area contributed by atoms with Crippen LogP contribution in [0.1, 0.15) is 5.56 Å². The topological polar surface area (TPSA) is 34.1 Å². The summed E-state index contributed by atoms with van der Waals surface area (Å²) in [5, 5.41) is 4.49. The minimum atomic E-state index is 0.558. The van der Waals surface area contributed by atoms with E-state index in [0.29, 0.717) is 22.5 Å². The molecule has 0 aliphatic carbocycles. The summed E-state index contributed by atoms with van der Waals surface area (Å²) in [6.45, 7) is 0.581. The van der Waals surface area contributed by atoms with E-state index in [1.807, 2.05) is 24.3 Å². The highest BCUT2D eigenvalue weighted by Gasteiger charge is 2.05. The maximum Gasteiger partial charge on any atom is 0.237 e. The summed E-state index contributed by atoms with van der Waals surface area (Å²) in [6, 6.07) is 9.16. The average molecular weight is 283 g/mol. The molecule has 0 aliphatic heterocycles. The zero-order chi connectivity index (χ0) is 13.0. The Balaban J connectivity index is 2.11. The Morgan fingerprint density at radius 2 is 2.11 bits per heavy atom. The fraction of sp³-hybridized carbons (Fsp3) is 0.154. The molecule has 0 spiro atoms. The molecule has 0 saturated carbocycles. The van der Waals surface area contributed by atoms with Crippen LogP contribution in [0.15, 0.2) is 36.5 Å². The summed E-state index contributed by atoms with van der Waals surface area (Å²) >= 11 is 11.9. The van der Waals surface area contributed by atoms with E-state index in [4.69, 9.17) is 27.9 Å². The summed E-state index contributed by atoms with van der Waals surface area (Å²) in [5.74, 6) is 0.558. The number of rotatable bonds is 4. The summed E-state index contributed by atoms with van der Waals surface area (Å²) in [4.78, 5) is 4.11. The predicted octanol–water partition coefficient (Wildman–Crippen LogP) is 4.01. The first-order valence-electron chi connectivity index (χ1n) is 5.37. The lowest BCUT2D eigenvalue weighted by Crippen LogP contribution is -2.02. The van der Waals surface area contributed by atoms with Gasteiger partial charge in [0.1, 0.15) is 0 Å². The molecule has 1 N–H and O–H groups in total. The smallest absolute Gasteiger partial charge is 0.237 e. The largest absolute Gasteiger partial charge is 0.480 e. The van der Waals surface area contributed by atoms with Crippen LogP contribution in [0.3, 0.4) is 0 Å². The zero-order valence-corrected chi connectivity index (χ0v) is 11.3. The van der Waals surface area contributed by atoms with Gasteiger partial charge in [0.15, 0.2) is 0 Å². The van der Waals surface area contributed by atoms with Gasteiger partial charge in [0.25, 0.3) is 0 Å². The van der Waals surface area contributed by atoms with E-state index in [0.717, 1.165) is 11.3 Å². The number of methoxy groups -OCH3 is 1. The molecule has 3 nitrogen and oxygen atoms in total. The first-order chi connectivity index (χ1) is 8.70. The van der Waals surface area contributed by atoms with Gasteiger partial charge in [-0.1, -0.05) is 29.3 Å². The van der Waals surface area contributed by atoms with Crippen molar-refractivity contribution in [2.24, 2.45) is 0 Å². The van der Waals surface area contributed by atoms with Gasteiger partial charge in [0.05, 0.1) is 12.8 Å². The summed E-state index contributed by atoms with van der Waals surface area (Å²) < 4.78 is 5.16. The number of halogens is 2. The molecule has 0 atom stereocenters. The molecule has 1 heterocycles. The molecular weight excluding hydrogens is 271 g/mol.